The topological polar surface area (TPSA) is 70.4 Å². The summed E-state index contributed by atoms with van der Waals surface area (Å²) in [6.07, 6.45) is 9.59. The predicted molar refractivity (Wildman–Crippen MR) is 146 cm³/mol. The van der Waals surface area contributed by atoms with E-state index < -0.39 is 0 Å². The molecule has 7 nitrogen and oxygen atoms in total. The number of hydrogen-bond donors (Lipinski definition) is 2. The lowest BCUT2D eigenvalue weighted by molar-refractivity contribution is 0.207. The Balaban J connectivity index is 1.26. The molecular weight excluding hydrogens is 446 g/mol. The lowest BCUT2D eigenvalue weighted by Gasteiger charge is -2.32. The fourth-order valence-corrected chi connectivity index (χ4v) is 5.90. The van der Waals surface area contributed by atoms with E-state index >= 15 is 0 Å². The van der Waals surface area contributed by atoms with E-state index in [9.17, 15) is 0 Å². The molecule has 0 amide bonds. The number of unbranched alkanes of at least 4 members (excludes halogenated alkanes) is 1. The van der Waals surface area contributed by atoms with Crippen molar-refractivity contribution in [2.24, 2.45) is 4.99 Å². The quantitative estimate of drug-likeness (QED) is 0.365. The number of nitrogens with one attached hydrogen (secondary N) is 2. The number of hydrogen-bond acceptors (Lipinski definition) is 6. The first-order valence-electron chi connectivity index (χ1n) is 13.3. The van der Waals surface area contributed by atoms with Gasteiger partial charge in [0, 0.05) is 54.9 Å². The highest BCUT2D eigenvalue weighted by Gasteiger charge is 2.26. The first kappa shape index (κ1) is 23.0. The molecule has 7 heteroatoms. The third-order valence-electron chi connectivity index (χ3n) is 7.63. The van der Waals surface area contributed by atoms with E-state index in [2.05, 4.69) is 74.6 Å². The molecule has 4 heterocycles. The van der Waals surface area contributed by atoms with E-state index in [1.807, 2.05) is 12.4 Å². The second kappa shape index (κ2) is 10.3. The number of para-hydroxylation sites is 1. The molecule has 2 N–H and O–H groups in total. The van der Waals surface area contributed by atoms with Crippen molar-refractivity contribution >= 4 is 27.8 Å². The molecule has 0 spiro atoms. The van der Waals surface area contributed by atoms with Gasteiger partial charge in [0.15, 0.2) is 5.96 Å². The Bertz CT molecular complexity index is 1390. The lowest BCUT2D eigenvalue weighted by Crippen LogP contribution is -2.34. The standard InChI is InChI=1S/C29H35N7/c1-35(26-12-6-8-21-9-7-15-31-27(21)26)20-24-28-23(13-16-30-24)22-10-2-3-11-25(22)36(28)19-5-4-14-32-29-33-17-18-34-29/h2-3,7,9-11,13,15-16,26H,4-6,8,12,14,17-20H2,1H3,(H2,32,33,34). The van der Waals surface area contributed by atoms with Crippen LogP contribution in [0.2, 0.25) is 0 Å². The van der Waals surface area contributed by atoms with Crippen molar-refractivity contribution in [3.05, 3.63) is 71.8 Å². The summed E-state index contributed by atoms with van der Waals surface area (Å²) >= 11 is 0. The summed E-state index contributed by atoms with van der Waals surface area (Å²) in [6, 6.07) is 15.6. The molecule has 1 aromatic carbocycles. The summed E-state index contributed by atoms with van der Waals surface area (Å²) in [5.74, 6) is 0.945. The van der Waals surface area contributed by atoms with Gasteiger partial charge in [-0.15, -0.1) is 0 Å². The summed E-state index contributed by atoms with van der Waals surface area (Å²) in [7, 11) is 2.23. The first-order chi connectivity index (χ1) is 17.8. The van der Waals surface area contributed by atoms with Gasteiger partial charge in [0.1, 0.15) is 0 Å². The summed E-state index contributed by atoms with van der Waals surface area (Å²) < 4.78 is 2.50. The van der Waals surface area contributed by atoms with Gasteiger partial charge >= 0.3 is 0 Å². The molecule has 0 fully saturated rings. The van der Waals surface area contributed by atoms with Gasteiger partial charge < -0.3 is 15.2 Å². The maximum atomic E-state index is 4.93. The van der Waals surface area contributed by atoms with Crippen LogP contribution in [0.3, 0.4) is 0 Å². The van der Waals surface area contributed by atoms with Gasteiger partial charge in [-0.1, -0.05) is 24.3 Å². The van der Waals surface area contributed by atoms with Gasteiger partial charge in [0.25, 0.3) is 0 Å². The lowest BCUT2D eigenvalue weighted by atomic mass is 9.91. The molecule has 1 atom stereocenters. The van der Waals surface area contributed by atoms with Crippen molar-refractivity contribution in [2.75, 3.05) is 26.7 Å². The molecule has 1 aliphatic heterocycles. The van der Waals surface area contributed by atoms with Crippen molar-refractivity contribution in [1.29, 1.82) is 0 Å². The minimum absolute atomic E-state index is 0.336. The Hall–Kier alpha value is -3.45. The maximum Gasteiger partial charge on any atom is 0.191 e. The van der Waals surface area contributed by atoms with Crippen LogP contribution in [0, 0.1) is 0 Å². The van der Waals surface area contributed by atoms with Crippen molar-refractivity contribution in [1.82, 2.24) is 30.1 Å². The molecule has 3 aromatic heterocycles. The Morgan fingerprint density at radius 2 is 2.00 bits per heavy atom. The third kappa shape index (κ3) is 4.44. The number of benzene rings is 1. The molecule has 0 radical (unpaired) electrons. The number of aliphatic imine (C=N–C) groups is 1. The normalized spacial score (nSPS) is 17.4. The zero-order chi connectivity index (χ0) is 24.3. The van der Waals surface area contributed by atoms with Gasteiger partial charge in [-0.2, -0.15) is 0 Å². The number of guanidine groups is 1. The van der Waals surface area contributed by atoms with Crippen LogP contribution >= 0.6 is 0 Å². The number of aryl methyl sites for hydroxylation is 2. The van der Waals surface area contributed by atoms with Gasteiger partial charge in [-0.3, -0.25) is 19.9 Å². The van der Waals surface area contributed by atoms with Crippen molar-refractivity contribution in [3.63, 3.8) is 0 Å². The molecule has 36 heavy (non-hydrogen) atoms. The maximum absolute atomic E-state index is 4.93. The molecular formula is C29H35N7. The number of fused-ring (bicyclic) bond motifs is 4. The smallest absolute Gasteiger partial charge is 0.191 e. The largest absolute Gasteiger partial charge is 0.356 e. The van der Waals surface area contributed by atoms with Gasteiger partial charge in [-0.25, -0.2) is 0 Å². The highest BCUT2D eigenvalue weighted by molar-refractivity contribution is 6.08. The molecule has 2 aliphatic rings. The fraction of sp³-hybridized carbons (Fsp3) is 0.414. The van der Waals surface area contributed by atoms with E-state index in [4.69, 9.17) is 9.97 Å². The Morgan fingerprint density at radius 1 is 1.06 bits per heavy atom. The monoisotopic (exact) mass is 481 g/mol. The van der Waals surface area contributed by atoms with E-state index in [1.54, 1.807) is 0 Å². The van der Waals surface area contributed by atoms with Gasteiger partial charge in [0.2, 0.25) is 0 Å². The van der Waals surface area contributed by atoms with Crippen LogP contribution in [0.5, 0.6) is 0 Å². The zero-order valence-corrected chi connectivity index (χ0v) is 21.1. The number of aromatic nitrogens is 3. The average molecular weight is 482 g/mol. The van der Waals surface area contributed by atoms with E-state index in [0.29, 0.717) is 6.04 Å². The molecule has 0 bridgehead atoms. The van der Waals surface area contributed by atoms with Crippen molar-refractivity contribution < 1.29 is 0 Å². The van der Waals surface area contributed by atoms with Crippen LogP contribution in [0.25, 0.3) is 21.8 Å². The minimum atomic E-state index is 0.336. The van der Waals surface area contributed by atoms with Crippen LogP contribution in [0.1, 0.15) is 48.7 Å². The van der Waals surface area contributed by atoms with Crippen LogP contribution in [0.15, 0.2) is 59.9 Å². The highest BCUT2D eigenvalue weighted by atomic mass is 15.2. The Labute approximate surface area is 212 Å². The fourth-order valence-electron chi connectivity index (χ4n) is 5.90. The van der Waals surface area contributed by atoms with Crippen LogP contribution in [-0.4, -0.2) is 52.1 Å². The number of nitrogens with zero attached hydrogens (tertiary/aromatic N) is 5. The Morgan fingerprint density at radius 3 is 2.92 bits per heavy atom. The molecule has 0 saturated heterocycles. The number of pyridine rings is 2. The third-order valence-corrected chi connectivity index (χ3v) is 7.63. The van der Waals surface area contributed by atoms with Gasteiger partial charge in [-0.05, 0) is 62.9 Å². The van der Waals surface area contributed by atoms with Crippen molar-refractivity contribution in [2.45, 2.75) is 51.2 Å². The zero-order valence-electron chi connectivity index (χ0n) is 21.1. The summed E-state index contributed by atoms with van der Waals surface area (Å²) in [4.78, 5) is 16.6. The molecule has 0 saturated carbocycles. The van der Waals surface area contributed by atoms with Crippen molar-refractivity contribution in [3.8, 4) is 0 Å². The first-order valence-corrected chi connectivity index (χ1v) is 13.3. The van der Waals surface area contributed by atoms with Crippen LogP contribution in [0.4, 0.5) is 0 Å². The summed E-state index contributed by atoms with van der Waals surface area (Å²) in [5, 5.41) is 9.32. The van der Waals surface area contributed by atoms with E-state index in [-0.39, 0.29) is 0 Å². The molecule has 6 rings (SSSR count). The second-order valence-corrected chi connectivity index (χ2v) is 9.98. The minimum Gasteiger partial charge on any atom is -0.356 e. The second-order valence-electron chi connectivity index (χ2n) is 9.98. The van der Waals surface area contributed by atoms with Crippen LogP contribution < -0.4 is 10.6 Å². The number of rotatable bonds is 8. The highest BCUT2D eigenvalue weighted by Crippen LogP contribution is 2.35. The molecule has 186 valence electrons. The van der Waals surface area contributed by atoms with E-state index in [1.165, 1.54) is 39.5 Å². The average Bonchev–Trinajstić information content (AvgIpc) is 3.55. The van der Waals surface area contributed by atoms with E-state index in [0.717, 1.165) is 70.1 Å². The van der Waals surface area contributed by atoms with Gasteiger partial charge in [0.05, 0.1) is 29.5 Å². The molecule has 1 aliphatic carbocycles. The summed E-state index contributed by atoms with van der Waals surface area (Å²) in [6.45, 7) is 4.53. The summed E-state index contributed by atoms with van der Waals surface area (Å²) in [5.41, 5.74) is 6.36. The SMILES string of the molecule is CN(Cc1nccc2c3ccccc3n(CCCCNC3=NCCN3)c12)C1CCCc2cccnc21. The molecule has 4 aromatic rings. The Kier molecular flexibility index (Phi) is 6.55. The van der Waals surface area contributed by atoms with Crippen LogP contribution in [-0.2, 0) is 19.5 Å². The predicted octanol–water partition coefficient (Wildman–Crippen LogP) is 4.42. The molecule has 1 unspecified atom stereocenters.